The van der Waals surface area contributed by atoms with Crippen LogP contribution in [0, 0.1) is 0 Å². The van der Waals surface area contributed by atoms with Gasteiger partial charge >= 0.3 is 0 Å². The summed E-state index contributed by atoms with van der Waals surface area (Å²) >= 11 is 0. The molecular formula is C13H20N2O2. The molecule has 0 aliphatic heterocycles. The van der Waals surface area contributed by atoms with Gasteiger partial charge < -0.3 is 15.8 Å². The van der Waals surface area contributed by atoms with Crippen LogP contribution in [0.5, 0.6) is 5.75 Å². The van der Waals surface area contributed by atoms with E-state index in [1.165, 1.54) is 0 Å². The van der Waals surface area contributed by atoms with Gasteiger partial charge in [-0.05, 0) is 24.1 Å². The Labute approximate surface area is 102 Å². The molecule has 0 fully saturated rings. The van der Waals surface area contributed by atoms with E-state index in [1.54, 1.807) is 7.11 Å². The maximum absolute atomic E-state index is 11.6. The fourth-order valence-corrected chi connectivity index (χ4v) is 1.52. The number of benzene rings is 1. The summed E-state index contributed by atoms with van der Waals surface area (Å²) in [5.41, 5.74) is 7.23. The van der Waals surface area contributed by atoms with E-state index in [2.05, 4.69) is 12.2 Å². The lowest BCUT2D eigenvalue weighted by Crippen LogP contribution is -2.12. The lowest BCUT2D eigenvalue weighted by Gasteiger charge is -2.11. The quantitative estimate of drug-likeness (QED) is 0.796. The van der Waals surface area contributed by atoms with Crippen LogP contribution >= 0.6 is 0 Å². The molecule has 3 N–H and O–H groups in total. The van der Waals surface area contributed by atoms with E-state index in [9.17, 15) is 4.79 Å². The highest BCUT2D eigenvalue weighted by Crippen LogP contribution is 2.25. The molecule has 94 valence electrons. The number of unbranched alkanes of at least 4 members (excludes halogenated alkanes) is 1. The Balaban J connectivity index is 2.73. The Morgan fingerprint density at radius 2 is 2.24 bits per heavy atom. The summed E-state index contributed by atoms with van der Waals surface area (Å²) in [6.07, 6.45) is 2.45. The van der Waals surface area contributed by atoms with E-state index in [4.69, 9.17) is 10.5 Å². The van der Waals surface area contributed by atoms with Crippen LogP contribution in [-0.2, 0) is 11.3 Å². The van der Waals surface area contributed by atoms with Gasteiger partial charge in [0.15, 0.2) is 0 Å². The molecule has 0 unspecified atom stereocenters. The van der Waals surface area contributed by atoms with Crippen molar-refractivity contribution in [3.8, 4) is 5.75 Å². The van der Waals surface area contributed by atoms with Crippen LogP contribution in [-0.4, -0.2) is 13.0 Å². The summed E-state index contributed by atoms with van der Waals surface area (Å²) in [5.74, 6) is 0.670. The van der Waals surface area contributed by atoms with Gasteiger partial charge in [-0.25, -0.2) is 0 Å². The summed E-state index contributed by atoms with van der Waals surface area (Å²) in [6, 6.07) is 5.55. The number of rotatable bonds is 6. The Kier molecular flexibility index (Phi) is 5.49. The van der Waals surface area contributed by atoms with Crippen molar-refractivity contribution < 1.29 is 9.53 Å². The van der Waals surface area contributed by atoms with Gasteiger partial charge in [0, 0.05) is 13.0 Å². The van der Waals surface area contributed by atoms with Crippen LogP contribution in [0.4, 0.5) is 5.69 Å². The first-order chi connectivity index (χ1) is 8.21. The van der Waals surface area contributed by atoms with Crippen molar-refractivity contribution in [2.24, 2.45) is 5.73 Å². The van der Waals surface area contributed by atoms with Gasteiger partial charge in [-0.15, -0.1) is 0 Å². The number of ether oxygens (including phenoxy) is 1. The highest BCUT2D eigenvalue weighted by atomic mass is 16.5. The third-order valence-corrected chi connectivity index (χ3v) is 2.53. The van der Waals surface area contributed by atoms with Crippen molar-refractivity contribution in [1.29, 1.82) is 0 Å². The molecule has 1 aromatic rings. The molecule has 0 atom stereocenters. The largest absolute Gasteiger partial charge is 0.495 e. The summed E-state index contributed by atoms with van der Waals surface area (Å²) in [5, 5.41) is 2.84. The predicted octanol–water partition coefficient (Wildman–Crippen LogP) is 2.28. The molecule has 0 bridgehead atoms. The number of hydrogen-bond donors (Lipinski definition) is 2. The average molecular weight is 236 g/mol. The molecule has 4 nitrogen and oxygen atoms in total. The van der Waals surface area contributed by atoms with Gasteiger partial charge in [0.25, 0.3) is 0 Å². The van der Waals surface area contributed by atoms with Gasteiger partial charge in [-0.1, -0.05) is 19.4 Å². The predicted molar refractivity (Wildman–Crippen MR) is 69.0 cm³/mol. The van der Waals surface area contributed by atoms with Crippen molar-refractivity contribution >= 4 is 11.6 Å². The second kappa shape index (κ2) is 6.91. The van der Waals surface area contributed by atoms with E-state index in [0.717, 1.165) is 18.4 Å². The Bertz CT molecular complexity index is 378. The minimum atomic E-state index is 0.0191. The monoisotopic (exact) mass is 236 g/mol. The van der Waals surface area contributed by atoms with E-state index in [1.807, 2.05) is 18.2 Å². The average Bonchev–Trinajstić information content (AvgIpc) is 2.36. The van der Waals surface area contributed by atoms with Crippen LogP contribution in [0.25, 0.3) is 0 Å². The maximum Gasteiger partial charge on any atom is 0.224 e. The van der Waals surface area contributed by atoms with Gasteiger partial charge in [0.1, 0.15) is 5.75 Å². The normalized spacial score (nSPS) is 10.1. The number of nitrogens with one attached hydrogen (secondary N) is 1. The van der Waals surface area contributed by atoms with Crippen LogP contribution in [0.2, 0.25) is 0 Å². The molecule has 0 aliphatic carbocycles. The lowest BCUT2D eigenvalue weighted by molar-refractivity contribution is -0.116. The molecular weight excluding hydrogens is 216 g/mol. The van der Waals surface area contributed by atoms with E-state index in [-0.39, 0.29) is 5.91 Å². The summed E-state index contributed by atoms with van der Waals surface area (Å²) < 4.78 is 5.22. The SMILES string of the molecule is CCCCC(=O)Nc1ccc(CN)cc1OC. The minimum Gasteiger partial charge on any atom is -0.495 e. The standard InChI is InChI=1S/C13H20N2O2/c1-3-4-5-13(16)15-11-7-6-10(9-14)8-12(11)17-2/h6-8H,3-5,9,14H2,1-2H3,(H,15,16). The van der Waals surface area contributed by atoms with Crippen molar-refractivity contribution in [2.45, 2.75) is 32.7 Å². The molecule has 0 heterocycles. The van der Waals surface area contributed by atoms with Crippen molar-refractivity contribution in [3.05, 3.63) is 23.8 Å². The highest BCUT2D eigenvalue weighted by Gasteiger charge is 2.07. The molecule has 1 amide bonds. The fourth-order valence-electron chi connectivity index (χ4n) is 1.52. The second-order valence-corrected chi connectivity index (χ2v) is 3.89. The number of nitrogens with two attached hydrogens (primary N) is 1. The van der Waals surface area contributed by atoms with Crippen molar-refractivity contribution in [2.75, 3.05) is 12.4 Å². The zero-order chi connectivity index (χ0) is 12.7. The second-order valence-electron chi connectivity index (χ2n) is 3.89. The number of carbonyl (C=O) groups excluding carboxylic acids is 1. The molecule has 0 saturated carbocycles. The molecule has 17 heavy (non-hydrogen) atoms. The third kappa shape index (κ3) is 4.07. The number of amides is 1. The first-order valence-corrected chi connectivity index (χ1v) is 5.88. The van der Waals surface area contributed by atoms with Crippen LogP contribution in [0.15, 0.2) is 18.2 Å². The minimum absolute atomic E-state index is 0.0191. The van der Waals surface area contributed by atoms with Gasteiger partial charge in [0.2, 0.25) is 5.91 Å². The molecule has 4 heteroatoms. The lowest BCUT2D eigenvalue weighted by atomic mass is 10.2. The van der Waals surface area contributed by atoms with Gasteiger partial charge in [0.05, 0.1) is 12.8 Å². The van der Waals surface area contributed by atoms with Gasteiger partial charge in [-0.2, -0.15) is 0 Å². The molecule has 0 saturated heterocycles. The fraction of sp³-hybridized carbons (Fsp3) is 0.462. The molecule has 0 radical (unpaired) electrons. The van der Waals surface area contributed by atoms with E-state index in [0.29, 0.717) is 24.4 Å². The first-order valence-electron chi connectivity index (χ1n) is 5.88. The summed E-state index contributed by atoms with van der Waals surface area (Å²) in [4.78, 5) is 11.6. The van der Waals surface area contributed by atoms with Crippen LogP contribution in [0.1, 0.15) is 31.7 Å². The van der Waals surface area contributed by atoms with Crippen LogP contribution in [0.3, 0.4) is 0 Å². The Morgan fingerprint density at radius 3 is 2.82 bits per heavy atom. The smallest absolute Gasteiger partial charge is 0.224 e. The topological polar surface area (TPSA) is 64.4 Å². The van der Waals surface area contributed by atoms with Crippen molar-refractivity contribution in [3.63, 3.8) is 0 Å². The molecule has 1 rings (SSSR count). The third-order valence-electron chi connectivity index (χ3n) is 2.53. The number of anilines is 1. The molecule has 0 spiro atoms. The molecule has 1 aromatic carbocycles. The van der Waals surface area contributed by atoms with Gasteiger partial charge in [-0.3, -0.25) is 4.79 Å². The molecule has 0 aromatic heterocycles. The first kappa shape index (κ1) is 13.5. The number of methoxy groups -OCH3 is 1. The highest BCUT2D eigenvalue weighted by molar-refractivity contribution is 5.92. The zero-order valence-electron chi connectivity index (χ0n) is 10.5. The number of hydrogen-bond acceptors (Lipinski definition) is 3. The maximum atomic E-state index is 11.6. The van der Waals surface area contributed by atoms with E-state index >= 15 is 0 Å². The molecule has 0 aliphatic rings. The Morgan fingerprint density at radius 1 is 1.47 bits per heavy atom. The zero-order valence-corrected chi connectivity index (χ0v) is 10.5. The summed E-state index contributed by atoms with van der Waals surface area (Å²) in [6.45, 7) is 2.52. The van der Waals surface area contributed by atoms with Crippen molar-refractivity contribution in [1.82, 2.24) is 0 Å². The summed E-state index contributed by atoms with van der Waals surface area (Å²) in [7, 11) is 1.58. The van der Waals surface area contributed by atoms with Crippen LogP contribution < -0.4 is 15.8 Å². The van der Waals surface area contributed by atoms with E-state index < -0.39 is 0 Å². The number of carbonyl (C=O) groups is 1. The Hall–Kier alpha value is -1.55.